The highest BCUT2D eigenvalue weighted by Gasteiger charge is 2.23. The molecule has 2 amide bonds. The Kier molecular flexibility index (Phi) is 7.88. The Morgan fingerprint density at radius 2 is 1.46 bits per heavy atom. The molecule has 0 saturated carbocycles. The van der Waals surface area contributed by atoms with Crippen LogP contribution >= 0.6 is 23.2 Å². The number of carbonyl (C=O) groups is 2. The van der Waals surface area contributed by atoms with Crippen LogP contribution in [0.1, 0.15) is 21.5 Å². The zero-order valence-corrected chi connectivity index (χ0v) is 20.3. The first-order valence-electron chi connectivity index (χ1n) is 11.1. The molecule has 0 bridgehead atoms. The molecule has 3 aromatic rings. The molecule has 182 valence electrons. The molecule has 1 N–H and O–H groups in total. The van der Waals surface area contributed by atoms with Gasteiger partial charge in [0.05, 0.1) is 6.42 Å². The Labute approximate surface area is 212 Å². The fourth-order valence-electron chi connectivity index (χ4n) is 4.00. The van der Waals surface area contributed by atoms with Crippen LogP contribution in [-0.4, -0.2) is 42.9 Å². The van der Waals surface area contributed by atoms with E-state index in [2.05, 4.69) is 10.2 Å². The summed E-state index contributed by atoms with van der Waals surface area (Å²) in [7, 11) is 0. The predicted molar refractivity (Wildman–Crippen MR) is 133 cm³/mol. The highest BCUT2D eigenvalue weighted by atomic mass is 35.5. The number of hydrogen-bond donors (Lipinski definition) is 1. The number of carbonyl (C=O) groups excluding carboxylic acids is 2. The summed E-state index contributed by atoms with van der Waals surface area (Å²) in [6.45, 7) is 2.45. The smallest absolute Gasteiger partial charge is 0.251 e. The Balaban J connectivity index is 1.29. The predicted octanol–water partition coefficient (Wildman–Crippen LogP) is 5.09. The summed E-state index contributed by atoms with van der Waals surface area (Å²) in [6.07, 6.45) is 0.157. The monoisotopic (exact) mass is 517 g/mol. The lowest BCUT2D eigenvalue weighted by Crippen LogP contribution is -2.49. The minimum absolute atomic E-state index is 0.0185. The normalized spacial score (nSPS) is 13.6. The number of rotatable bonds is 6. The van der Waals surface area contributed by atoms with Gasteiger partial charge in [-0.1, -0.05) is 29.3 Å². The number of halogens is 4. The first-order chi connectivity index (χ1) is 16.8. The van der Waals surface area contributed by atoms with E-state index in [1.807, 2.05) is 12.1 Å². The molecule has 35 heavy (non-hydrogen) atoms. The van der Waals surface area contributed by atoms with E-state index in [4.69, 9.17) is 23.2 Å². The molecular formula is C26H23Cl2F2N3O2. The van der Waals surface area contributed by atoms with E-state index in [-0.39, 0.29) is 24.8 Å². The minimum Gasteiger partial charge on any atom is -0.368 e. The van der Waals surface area contributed by atoms with Gasteiger partial charge in [0.15, 0.2) is 0 Å². The van der Waals surface area contributed by atoms with Crippen LogP contribution in [0.2, 0.25) is 10.0 Å². The zero-order valence-electron chi connectivity index (χ0n) is 18.7. The van der Waals surface area contributed by atoms with E-state index >= 15 is 0 Å². The van der Waals surface area contributed by atoms with Crippen molar-refractivity contribution in [3.8, 4) is 0 Å². The van der Waals surface area contributed by atoms with Gasteiger partial charge >= 0.3 is 0 Å². The van der Waals surface area contributed by atoms with Crippen LogP contribution in [0.15, 0.2) is 60.7 Å². The Hall–Kier alpha value is -3.16. The molecule has 1 saturated heterocycles. The van der Waals surface area contributed by atoms with Crippen LogP contribution in [0.3, 0.4) is 0 Å². The summed E-state index contributed by atoms with van der Waals surface area (Å²) >= 11 is 12.4. The van der Waals surface area contributed by atoms with Crippen molar-refractivity contribution in [2.45, 2.75) is 13.0 Å². The number of benzene rings is 3. The molecule has 0 aliphatic carbocycles. The fourth-order valence-corrected chi connectivity index (χ4v) is 4.53. The largest absolute Gasteiger partial charge is 0.368 e. The first kappa shape index (κ1) is 24.9. The molecule has 1 aliphatic heterocycles. The Bertz CT molecular complexity index is 1190. The molecule has 1 fully saturated rings. The van der Waals surface area contributed by atoms with Gasteiger partial charge in [-0.05, 0) is 59.7 Å². The number of hydrogen-bond acceptors (Lipinski definition) is 3. The van der Waals surface area contributed by atoms with Gasteiger partial charge in [0.1, 0.15) is 11.6 Å². The molecule has 0 unspecified atom stereocenters. The lowest BCUT2D eigenvalue weighted by atomic mass is 10.1. The molecule has 1 aliphatic rings. The molecule has 0 atom stereocenters. The number of amides is 2. The second-order valence-electron chi connectivity index (χ2n) is 8.25. The van der Waals surface area contributed by atoms with Crippen LogP contribution in [0.25, 0.3) is 0 Å². The van der Waals surface area contributed by atoms with E-state index < -0.39 is 11.6 Å². The maximum absolute atomic E-state index is 13.3. The van der Waals surface area contributed by atoms with Gasteiger partial charge in [0.25, 0.3) is 5.91 Å². The van der Waals surface area contributed by atoms with E-state index in [0.29, 0.717) is 52.9 Å². The molecule has 5 nitrogen and oxygen atoms in total. The van der Waals surface area contributed by atoms with Crippen LogP contribution in [0.4, 0.5) is 14.5 Å². The molecule has 3 aromatic carbocycles. The molecule has 0 radical (unpaired) electrons. The lowest BCUT2D eigenvalue weighted by Gasteiger charge is -2.36. The summed E-state index contributed by atoms with van der Waals surface area (Å²) in [5.41, 5.74) is 2.36. The van der Waals surface area contributed by atoms with Crippen LogP contribution < -0.4 is 10.2 Å². The summed E-state index contributed by atoms with van der Waals surface area (Å²) in [6, 6.07) is 15.4. The molecular weight excluding hydrogens is 495 g/mol. The van der Waals surface area contributed by atoms with Crippen LogP contribution in [-0.2, 0) is 17.8 Å². The molecule has 1 heterocycles. The summed E-state index contributed by atoms with van der Waals surface area (Å²) in [5, 5.41) is 3.63. The maximum atomic E-state index is 13.3. The van der Waals surface area contributed by atoms with Gasteiger partial charge in [0, 0.05) is 60.1 Å². The first-order valence-corrected chi connectivity index (χ1v) is 11.8. The van der Waals surface area contributed by atoms with Gasteiger partial charge in [-0.3, -0.25) is 9.59 Å². The van der Waals surface area contributed by atoms with Crippen molar-refractivity contribution in [2.75, 3.05) is 31.1 Å². The molecule has 4 rings (SSSR count). The second-order valence-corrected chi connectivity index (χ2v) is 9.07. The van der Waals surface area contributed by atoms with E-state index in [0.717, 1.165) is 11.8 Å². The number of nitrogens with zero attached hydrogens (tertiary/aromatic N) is 2. The van der Waals surface area contributed by atoms with Gasteiger partial charge in [-0.15, -0.1) is 0 Å². The molecule has 0 aromatic heterocycles. The summed E-state index contributed by atoms with van der Waals surface area (Å²) in [4.78, 5) is 29.1. The van der Waals surface area contributed by atoms with Crippen molar-refractivity contribution in [3.63, 3.8) is 0 Å². The van der Waals surface area contributed by atoms with Crippen molar-refractivity contribution in [3.05, 3.63) is 99.0 Å². The highest BCUT2D eigenvalue weighted by molar-refractivity contribution is 6.36. The summed E-state index contributed by atoms with van der Waals surface area (Å²) < 4.78 is 26.6. The van der Waals surface area contributed by atoms with Gasteiger partial charge in [-0.2, -0.15) is 0 Å². The minimum atomic E-state index is -0.687. The third-order valence-electron chi connectivity index (χ3n) is 5.89. The third kappa shape index (κ3) is 6.29. The maximum Gasteiger partial charge on any atom is 0.251 e. The van der Waals surface area contributed by atoms with Crippen molar-refractivity contribution in [1.82, 2.24) is 10.2 Å². The lowest BCUT2D eigenvalue weighted by molar-refractivity contribution is -0.130. The van der Waals surface area contributed by atoms with Crippen molar-refractivity contribution in [2.24, 2.45) is 0 Å². The highest BCUT2D eigenvalue weighted by Crippen LogP contribution is 2.26. The number of piperazine rings is 1. The van der Waals surface area contributed by atoms with Crippen LogP contribution in [0, 0.1) is 11.6 Å². The van der Waals surface area contributed by atoms with Crippen molar-refractivity contribution in [1.29, 1.82) is 0 Å². The Morgan fingerprint density at radius 1 is 0.857 bits per heavy atom. The molecule has 9 heteroatoms. The van der Waals surface area contributed by atoms with E-state index in [9.17, 15) is 18.4 Å². The summed E-state index contributed by atoms with van der Waals surface area (Å²) in [5.74, 6) is -1.74. The topological polar surface area (TPSA) is 52.7 Å². The van der Waals surface area contributed by atoms with Crippen molar-refractivity contribution >= 4 is 40.7 Å². The molecule has 0 spiro atoms. The average molecular weight is 518 g/mol. The average Bonchev–Trinajstić information content (AvgIpc) is 2.84. The fraction of sp³-hybridized carbons (Fsp3) is 0.231. The van der Waals surface area contributed by atoms with E-state index in [1.165, 1.54) is 12.1 Å². The van der Waals surface area contributed by atoms with E-state index in [1.54, 1.807) is 35.2 Å². The van der Waals surface area contributed by atoms with Crippen LogP contribution in [0.5, 0.6) is 0 Å². The quantitative estimate of drug-likeness (QED) is 0.495. The van der Waals surface area contributed by atoms with Crippen molar-refractivity contribution < 1.29 is 18.4 Å². The van der Waals surface area contributed by atoms with Gasteiger partial charge in [0.2, 0.25) is 5.91 Å². The second kappa shape index (κ2) is 11.1. The zero-order chi connectivity index (χ0) is 24.9. The number of anilines is 1. The number of nitrogens with one attached hydrogen (secondary N) is 1. The van der Waals surface area contributed by atoms with Gasteiger partial charge in [-0.25, -0.2) is 8.78 Å². The third-order valence-corrected chi connectivity index (χ3v) is 6.60. The Morgan fingerprint density at radius 3 is 2.06 bits per heavy atom. The standard InChI is InChI=1S/C26H23Cl2F2N3O2/c27-23-2-1-3-24(28)22(23)15-25(34)33-10-8-32(9-11-33)21-6-4-18(5-7-21)26(35)31-16-17-12-19(29)14-20(30)13-17/h1-7,12-14H,8-11,15-16H2,(H,31,35). The van der Waals surface area contributed by atoms with Gasteiger partial charge < -0.3 is 15.1 Å². The SMILES string of the molecule is O=C(NCc1cc(F)cc(F)c1)c1ccc(N2CCN(C(=O)Cc3c(Cl)cccc3Cl)CC2)cc1.